The molecular weight excluding hydrogens is 384 g/mol. The number of rotatable bonds is 4. The number of benzene rings is 1. The molecule has 148 valence electrons. The molecule has 3 aliphatic rings. The second kappa shape index (κ2) is 6.28. The molecule has 8 nitrogen and oxygen atoms in total. The van der Waals surface area contributed by atoms with Crippen LogP contribution in [0.1, 0.15) is 32.3 Å². The molecule has 5 atom stereocenters. The Morgan fingerprint density at radius 1 is 1.32 bits per heavy atom. The monoisotopic (exact) mass is 404 g/mol. The molecule has 3 unspecified atom stereocenters. The van der Waals surface area contributed by atoms with E-state index < -0.39 is 41.1 Å². The van der Waals surface area contributed by atoms with Crippen LogP contribution in [-0.4, -0.2) is 40.6 Å². The Morgan fingerprint density at radius 2 is 2.04 bits per heavy atom. The summed E-state index contributed by atoms with van der Waals surface area (Å²) in [4.78, 5) is 52.6. The maximum absolute atomic E-state index is 13.4. The second-order valence-corrected chi connectivity index (χ2v) is 8.06. The van der Waals surface area contributed by atoms with E-state index in [0.29, 0.717) is 22.7 Å². The Balaban J connectivity index is 1.90. The summed E-state index contributed by atoms with van der Waals surface area (Å²) in [7, 11) is 0. The summed E-state index contributed by atoms with van der Waals surface area (Å²) < 4.78 is 0. The van der Waals surface area contributed by atoms with Gasteiger partial charge in [-0.25, -0.2) is 0 Å². The zero-order valence-corrected chi connectivity index (χ0v) is 16.2. The lowest BCUT2D eigenvalue weighted by atomic mass is 9.76. The lowest BCUT2D eigenvalue weighted by Crippen LogP contribution is -2.54. The Hall–Kier alpha value is -2.45. The number of nitrogens with two attached hydrogens (primary N) is 1. The fourth-order valence-electron chi connectivity index (χ4n) is 4.82. The molecule has 1 spiro atoms. The van der Waals surface area contributed by atoms with Gasteiger partial charge in [0.1, 0.15) is 5.54 Å². The average molecular weight is 405 g/mol. The highest BCUT2D eigenvalue weighted by Crippen LogP contribution is 2.54. The molecule has 4 N–H and O–H groups in total. The Labute approximate surface area is 166 Å². The van der Waals surface area contributed by atoms with E-state index in [1.165, 1.54) is 4.90 Å². The van der Waals surface area contributed by atoms with Crippen LogP contribution in [0, 0.1) is 11.8 Å². The van der Waals surface area contributed by atoms with Crippen LogP contribution >= 0.6 is 11.6 Å². The summed E-state index contributed by atoms with van der Waals surface area (Å²) in [5.74, 6) is -3.65. The number of hydrogen-bond donors (Lipinski definition) is 3. The van der Waals surface area contributed by atoms with E-state index in [1.807, 2.05) is 6.92 Å². The molecule has 1 aromatic rings. The minimum absolute atomic E-state index is 0.153. The highest BCUT2D eigenvalue weighted by atomic mass is 35.5. The molecule has 3 aliphatic heterocycles. The third kappa shape index (κ3) is 2.28. The lowest BCUT2D eigenvalue weighted by molar-refractivity contribution is -0.145. The van der Waals surface area contributed by atoms with E-state index >= 15 is 0 Å². The van der Waals surface area contributed by atoms with E-state index in [2.05, 4.69) is 10.6 Å². The number of likely N-dealkylation sites (tertiary alicyclic amines) is 1. The molecule has 0 bridgehead atoms. The molecule has 2 saturated heterocycles. The highest BCUT2D eigenvalue weighted by molar-refractivity contribution is 6.35. The van der Waals surface area contributed by atoms with E-state index in [1.54, 1.807) is 25.1 Å². The number of amides is 4. The predicted molar refractivity (Wildman–Crippen MR) is 101 cm³/mol. The van der Waals surface area contributed by atoms with Gasteiger partial charge in [-0.3, -0.25) is 29.4 Å². The maximum atomic E-state index is 13.4. The minimum atomic E-state index is -1.46. The Kier molecular flexibility index (Phi) is 4.24. The summed E-state index contributed by atoms with van der Waals surface area (Å²) in [5, 5.41) is 6.22. The van der Waals surface area contributed by atoms with Crippen molar-refractivity contribution in [2.45, 2.75) is 44.3 Å². The van der Waals surface area contributed by atoms with Gasteiger partial charge in [0.25, 0.3) is 0 Å². The number of carbonyl (C=O) groups excluding carboxylic acids is 4. The molecule has 0 saturated carbocycles. The first-order valence-electron chi connectivity index (χ1n) is 9.27. The lowest BCUT2D eigenvalue weighted by Gasteiger charge is -2.31. The summed E-state index contributed by atoms with van der Waals surface area (Å²) >= 11 is 6.25. The fourth-order valence-corrected chi connectivity index (χ4v) is 5.05. The van der Waals surface area contributed by atoms with Crippen LogP contribution in [0.4, 0.5) is 5.69 Å². The minimum Gasteiger partial charge on any atom is -0.370 e. The third-order valence-corrected chi connectivity index (χ3v) is 6.50. The van der Waals surface area contributed by atoms with Gasteiger partial charge in [0.05, 0.1) is 22.5 Å². The van der Waals surface area contributed by atoms with Crippen LogP contribution in [0.2, 0.25) is 5.02 Å². The molecule has 0 radical (unpaired) electrons. The Morgan fingerprint density at radius 3 is 2.68 bits per heavy atom. The molecule has 2 fully saturated rings. The van der Waals surface area contributed by atoms with Gasteiger partial charge in [0.2, 0.25) is 23.6 Å². The summed E-state index contributed by atoms with van der Waals surface area (Å²) in [6.07, 6.45) is 0.436. The number of primary amides is 1. The average Bonchev–Trinajstić information content (AvgIpc) is 3.21. The molecule has 4 amide bonds. The number of hydrogen-bond acceptors (Lipinski definition) is 5. The van der Waals surface area contributed by atoms with Crippen molar-refractivity contribution in [3.8, 4) is 0 Å². The first-order chi connectivity index (χ1) is 13.2. The van der Waals surface area contributed by atoms with Gasteiger partial charge in [-0.15, -0.1) is 0 Å². The molecule has 0 aliphatic carbocycles. The molecule has 0 aromatic heterocycles. The van der Waals surface area contributed by atoms with Gasteiger partial charge in [0, 0.05) is 24.1 Å². The quantitative estimate of drug-likeness (QED) is 0.639. The predicted octanol–water partition coefficient (Wildman–Crippen LogP) is 0.734. The summed E-state index contributed by atoms with van der Waals surface area (Å²) in [6, 6.07) is 4.01. The SMILES string of the molecule is CCC(C)N1C(=O)[C@@H]2C(CC(N)=O)NC3(C(=O)Nc4c(Cl)cccc43)[C@@H]2C1=O. The number of nitrogens with one attached hydrogen (secondary N) is 2. The molecule has 28 heavy (non-hydrogen) atoms. The normalized spacial score (nSPS) is 31.9. The second-order valence-electron chi connectivity index (χ2n) is 7.65. The summed E-state index contributed by atoms with van der Waals surface area (Å²) in [5.41, 5.74) is 4.86. The number of nitrogens with zero attached hydrogens (tertiary/aromatic N) is 1. The van der Waals surface area contributed by atoms with Gasteiger partial charge in [0.15, 0.2) is 0 Å². The highest BCUT2D eigenvalue weighted by Gasteiger charge is 2.70. The van der Waals surface area contributed by atoms with Gasteiger partial charge in [-0.2, -0.15) is 0 Å². The number of para-hydroxylation sites is 1. The number of imide groups is 1. The van der Waals surface area contributed by atoms with Crippen LogP contribution in [0.15, 0.2) is 18.2 Å². The topological polar surface area (TPSA) is 122 Å². The van der Waals surface area contributed by atoms with Crippen molar-refractivity contribution in [1.82, 2.24) is 10.2 Å². The van der Waals surface area contributed by atoms with Crippen molar-refractivity contribution in [2.75, 3.05) is 5.32 Å². The first kappa shape index (κ1) is 18.9. The zero-order chi connectivity index (χ0) is 20.4. The van der Waals surface area contributed by atoms with Crippen molar-refractivity contribution in [3.05, 3.63) is 28.8 Å². The van der Waals surface area contributed by atoms with Gasteiger partial charge >= 0.3 is 0 Å². The van der Waals surface area contributed by atoms with Crippen molar-refractivity contribution in [1.29, 1.82) is 0 Å². The number of halogens is 1. The maximum Gasteiger partial charge on any atom is 0.250 e. The third-order valence-electron chi connectivity index (χ3n) is 6.19. The van der Waals surface area contributed by atoms with Crippen molar-refractivity contribution >= 4 is 40.9 Å². The smallest absolute Gasteiger partial charge is 0.250 e. The van der Waals surface area contributed by atoms with Crippen LogP contribution in [0.25, 0.3) is 0 Å². The zero-order valence-electron chi connectivity index (χ0n) is 15.5. The molecular formula is C19H21ClN4O4. The Bertz CT molecular complexity index is 919. The fraction of sp³-hybridized carbons (Fsp3) is 0.474. The van der Waals surface area contributed by atoms with Crippen molar-refractivity contribution in [3.63, 3.8) is 0 Å². The van der Waals surface area contributed by atoms with Crippen LogP contribution in [0.3, 0.4) is 0 Å². The van der Waals surface area contributed by atoms with Gasteiger partial charge < -0.3 is 11.1 Å². The van der Waals surface area contributed by atoms with E-state index in [0.717, 1.165) is 0 Å². The molecule has 4 rings (SSSR count). The number of fused-ring (bicyclic) bond motifs is 4. The van der Waals surface area contributed by atoms with E-state index in [-0.39, 0.29) is 18.4 Å². The van der Waals surface area contributed by atoms with Gasteiger partial charge in [-0.05, 0) is 19.4 Å². The van der Waals surface area contributed by atoms with Crippen LogP contribution < -0.4 is 16.4 Å². The van der Waals surface area contributed by atoms with Crippen molar-refractivity contribution in [2.24, 2.45) is 17.6 Å². The van der Waals surface area contributed by atoms with Crippen molar-refractivity contribution < 1.29 is 19.2 Å². The summed E-state index contributed by atoms with van der Waals surface area (Å²) in [6.45, 7) is 3.67. The largest absolute Gasteiger partial charge is 0.370 e. The number of carbonyl (C=O) groups is 4. The molecule has 9 heteroatoms. The van der Waals surface area contributed by atoms with Crippen LogP contribution in [0.5, 0.6) is 0 Å². The standard InChI is InChI=1S/C19H21ClN4O4/c1-3-8(2)24-16(26)13-11(7-12(21)25)23-19(14(13)17(24)27)9-5-4-6-10(20)15(9)22-18(19)28/h4-6,8,11,13-14,23H,3,7H2,1-2H3,(H2,21,25)(H,22,28)/t8?,11?,13-,14+,19?/m1/s1. The molecule has 3 heterocycles. The van der Waals surface area contributed by atoms with E-state index in [4.69, 9.17) is 17.3 Å². The molecule has 1 aromatic carbocycles. The van der Waals surface area contributed by atoms with E-state index in [9.17, 15) is 19.2 Å². The first-order valence-corrected chi connectivity index (χ1v) is 9.65. The number of anilines is 1. The van der Waals surface area contributed by atoms with Gasteiger partial charge in [-0.1, -0.05) is 30.7 Å². The van der Waals surface area contributed by atoms with Crippen LogP contribution in [-0.2, 0) is 24.7 Å².